The maximum absolute atomic E-state index is 11.6. The van der Waals surface area contributed by atoms with Crippen LogP contribution in [0.1, 0.15) is 36.9 Å². The summed E-state index contributed by atoms with van der Waals surface area (Å²) in [4.78, 5) is 13.9. The van der Waals surface area contributed by atoms with Gasteiger partial charge in [-0.3, -0.25) is 14.8 Å². The molecule has 1 aliphatic rings. The lowest BCUT2D eigenvalue weighted by Gasteiger charge is -2.27. The average molecular weight is 296 g/mol. The zero-order valence-corrected chi connectivity index (χ0v) is 12.3. The summed E-state index contributed by atoms with van der Waals surface area (Å²) >= 11 is 0. The van der Waals surface area contributed by atoms with Crippen molar-refractivity contribution in [3.8, 4) is 0 Å². The molecule has 6 N–H and O–H groups in total. The molecule has 21 heavy (non-hydrogen) atoms. The van der Waals surface area contributed by atoms with Crippen molar-refractivity contribution in [1.29, 1.82) is 0 Å². The van der Waals surface area contributed by atoms with Crippen LogP contribution in [-0.4, -0.2) is 51.4 Å². The van der Waals surface area contributed by atoms with Gasteiger partial charge >= 0.3 is 7.12 Å². The van der Waals surface area contributed by atoms with E-state index in [1.807, 2.05) is 0 Å². The summed E-state index contributed by atoms with van der Waals surface area (Å²) in [5.74, 6) is 0. The van der Waals surface area contributed by atoms with E-state index in [-0.39, 0.29) is 11.6 Å². The maximum Gasteiger partial charge on any atom is 0.451 e. The molecule has 2 heterocycles. The quantitative estimate of drug-likeness (QED) is 0.325. The van der Waals surface area contributed by atoms with E-state index in [0.717, 1.165) is 56.5 Å². The molecule has 1 atom stereocenters. The summed E-state index contributed by atoms with van der Waals surface area (Å²) in [7, 11) is -1.21. The van der Waals surface area contributed by atoms with Gasteiger partial charge in [-0.25, -0.2) is 0 Å². The molecule has 0 saturated carbocycles. The van der Waals surface area contributed by atoms with Crippen LogP contribution in [0.2, 0.25) is 6.32 Å². The first kappa shape index (κ1) is 16.3. The Morgan fingerprint density at radius 3 is 2.86 bits per heavy atom. The molecule has 1 aromatic heterocycles. The summed E-state index contributed by atoms with van der Waals surface area (Å²) in [6.45, 7) is 2.54. The third-order valence-corrected chi connectivity index (χ3v) is 4.13. The van der Waals surface area contributed by atoms with Gasteiger partial charge in [0.2, 0.25) is 0 Å². The zero-order chi connectivity index (χ0) is 15.2. The molecule has 0 spiro atoms. The highest BCUT2D eigenvalue weighted by Gasteiger charge is 2.20. The van der Waals surface area contributed by atoms with Crippen molar-refractivity contribution in [3.63, 3.8) is 0 Å². The van der Waals surface area contributed by atoms with Crippen LogP contribution >= 0.6 is 0 Å². The van der Waals surface area contributed by atoms with Gasteiger partial charge < -0.3 is 20.9 Å². The first-order valence-electron chi connectivity index (χ1n) is 7.68. The second-order valence-electron chi connectivity index (χ2n) is 5.88. The minimum absolute atomic E-state index is 0.0124. The van der Waals surface area contributed by atoms with E-state index in [1.54, 1.807) is 0 Å². The van der Waals surface area contributed by atoms with Crippen molar-refractivity contribution in [3.05, 3.63) is 21.6 Å². The fourth-order valence-electron chi connectivity index (χ4n) is 2.79. The van der Waals surface area contributed by atoms with Gasteiger partial charge in [0, 0.05) is 31.2 Å². The predicted octanol–water partition coefficient (Wildman–Crippen LogP) is -0.578. The minimum atomic E-state index is -1.21. The number of aromatic amines is 2. The molecule has 0 fully saturated rings. The molecule has 0 aliphatic carbocycles. The Balaban J connectivity index is 1.65. The van der Waals surface area contributed by atoms with Gasteiger partial charge in [-0.1, -0.05) is 12.8 Å². The minimum Gasteiger partial charge on any atom is -0.427 e. The molecule has 0 aromatic carbocycles. The lowest BCUT2D eigenvalue weighted by molar-refractivity contribution is 0.241. The Morgan fingerprint density at radius 1 is 1.29 bits per heavy atom. The van der Waals surface area contributed by atoms with Crippen LogP contribution in [0, 0.1) is 0 Å². The summed E-state index contributed by atoms with van der Waals surface area (Å²) in [5, 5.41) is 23.1. The van der Waals surface area contributed by atoms with E-state index in [0.29, 0.717) is 12.9 Å². The van der Waals surface area contributed by atoms with E-state index in [9.17, 15) is 4.79 Å². The largest absolute Gasteiger partial charge is 0.451 e. The summed E-state index contributed by atoms with van der Waals surface area (Å²) in [6.07, 6.45) is 4.79. The molecule has 0 bridgehead atoms. The number of rotatable bonds is 8. The van der Waals surface area contributed by atoms with E-state index in [4.69, 9.17) is 15.8 Å². The monoisotopic (exact) mass is 296 g/mol. The first-order chi connectivity index (χ1) is 10.1. The second-order valence-corrected chi connectivity index (χ2v) is 5.88. The lowest BCUT2D eigenvalue weighted by Crippen LogP contribution is -2.36. The number of aromatic nitrogens is 2. The third-order valence-electron chi connectivity index (χ3n) is 4.13. The molecule has 1 aromatic rings. The van der Waals surface area contributed by atoms with Crippen LogP contribution in [0.3, 0.4) is 0 Å². The number of hydrogen-bond acceptors (Lipinski definition) is 5. The Hall–Kier alpha value is -1.09. The van der Waals surface area contributed by atoms with Crippen LogP contribution in [0.4, 0.5) is 0 Å². The SMILES string of the molecule is NC(CCCCB(O)O)CCN1CCc2[nH][nH]c(=O)c2C1. The molecular weight excluding hydrogens is 271 g/mol. The van der Waals surface area contributed by atoms with Crippen molar-refractivity contribution in [2.24, 2.45) is 5.73 Å². The Labute approximate surface area is 124 Å². The number of nitrogens with one attached hydrogen (secondary N) is 2. The molecule has 8 heteroatoms. The molecule has 0 saturated heterocycles. The summed E-state index contributed by atoms with van der Waals surface area (Å²) < 4.78 is 0. The maximum atomic E-state index is 11.6. The van der Waals surface area contributed by atoms with Crippen LogP contribution in [0.15, 0.2) is 4.79 Å². The van der Waals surface area contributed by atoms with Gasteiger partial charge in [0.25, 0.3) is 5.56 Å². The van der Waals surface area contributed by atoms with Gasteiger partial charge in [0.05, 0.1) is 5.56 Å². The van der Waals surface area contributed by atoms with Crippen molar-refractivity contribution in [2.45, 2.75) is 51.0 Å². The average Bonchev–Trinajstić information content (AvgIpc) is 2.82. The van der Waals surface area contributed by atoms with E-state index in [2.05, 4.69) is 15.1 Å². The van der Waals surface area contributed by atoms with Gasteiger partial charge in [0.1, 0.15) is 0 Å². The van der Waals surface area contributed by atoms with E-state index < -0.39 is 7.12 Å². The van der Waals surface area contributed by atoms with Gasteiger partial charge in [-0.05, 0) is 25.7 Å². The standard InChI is InChI=1S/C13H25BN4O3/c15-10(3-1-2-6-14(20)21)4-7-18-8-5-12-11(9-18)13(19)17-16-12/h10,20-21H,1-9,15H2,(H2,16,17,19). The van der Waals surface area contributed by atoms with Crippen LogP contribution in [-0.2, 0) is 13.0 Å². The molecular formula is C13H25BN4O3. The third kappa shape index (κ3) is 5.00. The fourth-order valence-corrected chi connectivity index (χ4v) is 2.79. The predicted molar refractivity (Wildman–Crippen MR) is 81.8 cm³/mol. The molecule has 118 valence electrons. The van der Waals surface area contributed by atoms with Crippen molar-refractivity contribution >= 4 is 7.12 Å². The van der Waals surface area contributed by atoms with E-state index >= 15 is 0 Å². The zero-order valence-electron chi connectivity index (χ0n) is 12.3. The van der Waals surface area contributed by atoms with Gasteiger partial charge in [0.15, 0.2) is 0 Å². The highest BCUT2D eigenvalue weighted by molar-refractivity contribution is 6.40. The smallest absolute Gasteiger partial charge is 0.427 e. The lowest BCUT2D eigenvalue weighted by atomic mass is 9.83. The van der Waals surface area contributed by atoms with Crippen molar-refractivity contribution < 1.29 is 10.0 Å². The first-order valence-corrected chi connectivity index (χ1v) is 7.68. The van der Waals surface area contributed by atoms with Crippen LogP contribution < -0.4 is 11.3 Å². The molecule has 2 rings (SSSR count). The number of nitrogens with zero attached hydrogens (tertiary/aromatic N) is 1. The second kappa shape index (κ2) is 7.79. The number of H-pyrrole nitrogens is 2. The number of unbranched alkanes of at least 4 members (excludes halogenated alkanes) is 1. The highest BCUT2D eigenvalue weighted by atomic mass is 16.4. The number of nitrogens with two attached hydrogens (primary N) is 1. The van der Waals surface area contributed by atoms with Gasteiger partial charge in [-0.2, -0.15) is 0 Å². The Kier molecular flexibility index (Phi) is 6.04. The summed E-state index contributed by atoms with van der Waals surface area (Å²) in [6, 6.07) is 0.131. The fraction of sp³-hybridized carbons (Fsp3) is 0.769. The highest BCUT2D eigenvalue weighted by Crippen LogP contribution is 2.14. The van der Waals surface area contributed by atoms with Crippen molar-refractivity contribution in [1.82, 2.24) is 15.1 Å². The number of fused-ring (bicyclic) bond motifs is 1. The van der Waals surface area contributed by atoms with Crippen LogP contribution in [0.25, 0.3) is 0 Å². The molecule has 1 unspecified atom stereocenters. The normalized spacial score (nSPS) is 16.7. The van der Waals surface area contributed by atoms with E-state index in [1.165, 1.54) is 0 Å². The molecule has 7 nitrogen and oxygen atoms in total. The molecule has 1 aliphatic heterocycles. The molecule has 0 radical (unpaired) electrons. The topological polar surface area (TPSA) is 118 Å². The Bertz CT molecular complexity index is 488. The van der Waals surface area contributed by atoms with Crippen molar-refractivity contribution in [2.75, 3.05) is 13.1 Å². The molecule has 0 amide bonds. The summed E-state index contributed by atoms with van der Waals surface area (Å²) in [5.41, 5.74) is 7.96. The van der Waals surface area contributed by atoms with Gasteiger partial charge in [-0.15, -0.1) is 0 Å². The number of hydrogen-bond donors (Lipinski definition) is 5. The van der Waals surface area contributed by atoms with Crippen LogP contribution in [0.5, 0.6) is 0 Å². The Morgan fingerprint density at radius 2 is 2.10 bits per heavy atom.